The van der Waals surface area contributed by atoms with Crippen LogP contribution in [-0.2, 0) is 0 Å². The lowest BCUT2D eigenvalue weighted by Crippen LogP contribution is -2.52. The molecule has 1 aliphatic rings. The van der Waals surface area contributed by atoms with Crippen molar-refractivity contribution in [2.45, 2.75) is 51.2 Å². The van der Waals surface area contributed by atoms with Gasteiger partial charge in [0.05, 0.1) is 12.3 Å². The minimum atomic E-state index is -0.709. The van der Waals surface area contributed by atoms with E-state index in [4.69, 9.17) is 0 Å². The quantitative estimate of drug-likeness (QED) is 0.910. The van der Waals surface area contributed by atoms with Crippen molar-refractivity contribution in [2.75, 3.05) is 13.1 Å². The summed E-state index contributed by atoms with van der Waals surface area (Å²) in [5.41, 5.74) is 0.213. The Morgan fingerprint density at radius 1 is 1.37 bits per heavy atom. The topological polar surface area (TPSA) is 36.4 Å². The molecule has 2 unspecified atom stereocenters. The van der Waals surface area contributed by atoms with Crippen LogP contribution in [0.4, 0.5) is 4.39 Å². The Hall–Kier alpha value is -1.00. The van der Waals surface area contributed by atoms with E-state index < -0.39 is 11.9 Å². The largest absolute Gasteiger partial charge is 0.386 e. The van der Waals surface area contributed by atoms with E-state index >= 15 is 0 Å². The predicted octanol–water partition coefficient (Wildman–Crippen LogP) is 2.91. The molecule has 0 bridgehead atoms. The van der Waals surface area contributed by atoms with E-state index in [-0.39, 0.29) is 5.54 Å². The van der Waals surface area contributed by atoms with Gasteiger partial charge in [0.25, 0.3) is 0 Å². The van der Waals surface area contributed by atoms with Crippen LogP contribution in [0.15, 0.2) is 18.5 Å². The summed E-state index contributed by atoms with van der Waals surface area (Å²) >= 11 is 0. The molecule has 0 aromatic carbocycles. The van der Waals surface area contributed by atoms with E-state index in [0.717, 1.165) is 19.5 Å². The van der Waals surface area contributed by atoms with Gasteiger partial charge in [-0.1, -0.05) is 13.3 Å². The molecule has 19 heavy (non-hydrogen) atoms. The van der Waals surface area contributed by atoms with E-state index in [1.165, 1.54) is 31.5 Å². The van der Waals surface area contributed by atoms with Gasteiger partial charge in [0.2, 0.25) is 0 Å². The first-order valence-electron chi connectivity index (χ1n) is 7.11. The number of hydrogen-bond acceptors (Lipinski definition) is 3. The summed E-state index contributed by atoms with van der Waals surface area (Å²) in [6.45, 7) is 6.15. The van der Waals surface area contributed by atoms with Crippen molar-refractivity contribution >= 4 is 0 Å². The summed E-state index contributed by atoms with van der Waals surface area (Å²) in [7, 11) is 0. The Morgan fingerprint density at radius 3 is 2.63 bits per heavy atom. The number of halogens is 1. The highest BCUT2D eigenvalue weighted by Gasteiger charge is 2.38. The van der Waals surface area contributed by atoms with Crippen LogP contribution in [-0.4, -0.2) is 33.6 Å². The molecular formula is C15H23FN2O. The molecule has 1 saturated heterocycles. The molecule has 2 atom stereocenters. The molecule has 2 rings (SSSR count). The molecule has 3 nitrogen and oxygen atoms in total. The molecule has 1 aromatic heterocycles. The molecule has 2 heterocycles. The average molecular weight is 266 g/mol. The van der Waals surface area contributed by atoms with Gasteiger partial charge in [0.15, 0.2) is 0 Å². The van der Waals surface area contributed by atoms with E-state index in [0.29, 0.717) is 5.56 Å². The van der Waals surface area contributed by atoms with Crippen molar-refractivity contribution in [1.29, 1.82) is 0 Å². The normalized spacial score (nSPS) is 21.9. The lowest BCUT2D eigenvalue weighted by molar-refractivity contribution is -0.0355. The molecular weight excluding hydrogens is 243 g/mol. The molecule has 0 radical (unpaired) electrons. The number of aliphatic hydroxyl groups excluding tert-OH is 1. The van der Waals surface area contributed by atoms with Crippen LogP contribution in [0.2, 0.25) is 0 Å². The van der Waals surface area contributed by atoms with Crippen LogP contribution in [0.5, 0.6) is 0 Å². The lowest BCUT2D eigenvalue weighted by atomic mass is 9.84. The van der Waals surface area contributed by atoms with E-state index in [9.17, 15) is 9.50 Å². The Bertz CT molecular complexity index is 420. The van der Waals surface area contributed by atoms with Crippen molar-refractivity contribution in [3.8, 4) is 0 Å². The Kier molecular flexibility index (Phi) is 4.53. The second-order valence-corrected chi connectivity index (χ2v) is 5.60. The zero-order valence-electron chi connectivity index (χ0n) is 11.8. The second-order valence-electron chi connectivity index (χ2n) is 5.60. The van der Waals surface area contributed by atoms with Crippen molar-refractivity contribution in [2.24, 2.45) is 0 Å². The number of aromatic nitrogens is 1. The van der Waals surface area contributed by atoms with Gasteiger partial charge in [-0.05, 0) is 45.3 Å². The molecule has 0 aliphatic carbocycles. The highest BCUT2D eigenvalue weighted by atomic mass is 19.1. The van der Waals surface area contributed by atoms with Gasteiger partial charge < -0.3 is 5.11 Å². The summed E-state index contributed by atoms with van der Waals surface area (Å²) in [6.07, 6.45) is 6.44. The molecule has 1 fully saturated rings. The zero-order chi connectivity index (χ0) is 13.9. The number of rotatable bonds is 4. The van der Waals surface area contributed by atoms with Gasteiger partial charge in [0.1, 0.15) is 5.82 Å². The SMILES string of the molecule is CCC(C)(C(O)c1cncc(F)c1)N1CCCCC1. The first-order chi connectivity index (χ1) is 9.08. The predicted molar refractivity (Wildman–Crippen MR) is 73.3 cm³/mol. The number of pyridine rings is 1. The number of hydrogen-bond donors (Lipinski definition) is 1. The van der Waals surface area contributed by atoms with Crippen LogP contribution in [0.3, 0.4) is 0 Å². The molecule has 4 heteroatoms. The summed E-state index contributed by atoms with van der Waals surface area (Å²) < 4.78 is 13.3. The monoisotopic (exact) mass is 266 g/mol. The van der Waals surface area contributed by atoms with Crippen molar-refractivity contribution in [3.05, 3.63) is 29.8 Å². The van der Waals surface area contributed by atoms with Crippen LogP contribution in [0, 0.1) is 5.82 Å². The standard InChI is InChI=1S/C15H23FN2O/c1-3-15(2,18-7-5-4-6-8-18)14(19)12-9-13(16)11-17-10-12/h9-11,14,19H,3-8H2,1-2H3. The summed E-state index contributed by atoms with van der Waals surface area (Å²) in [4.78, 5) is 6.18. The minimum Gasteiger partial charge on any atom is -0.386 e. The highest BCUT2D eigenvalue weighted by Crippen LogP contribution is 2.35. The molecule has 0 saturated carbocycles. The molecule has 0 amide bonds. The third-order valence-corrected chi connectivity index (χ3v) is 4.43. The first-order valence-corrected chi connectivity index (χ1v) is 7.11. The van der Waals surface area contributed by atoms with Gasteiger partial charge in [-0.25, -0.2) is 4.39 Å². The van der Waals surface area contributed by atoms with E-state index in [2.05, 4.69) is 23.7 Å². The summed E-state index contributed by atoms with van der Waals surface area (Å²) in [5.74, 6) is -0.395. The maximum absolute atomic E-state index is 13.3. The van der Waals surface area contributed by atoms with Crippen molar-refractivity contribution in [1.82, 2.24) is 9.88 Å². The number of aliphatic hydroxyl groups is 1. The molecule has 1 aliphatic heterocycles. The fourth-order valence-corrected chi connectivity index (χ4v) is 2.93. The number of piperidine rings is 1. The van der Waals surface area contributed by atoms with Crippen molar-refractivity contribution in [3.63, 3.8) is 0 Å². The third-order valence-electron chi connectivity index (χ3n) is 4.43. The maximum atomic E-state index is 13.3. The van der Waals surface area contributed by atoms with Gasteiger partial charge in [-0.3, -0.25) is 9.88 Å². The number of nitrogens with zero attached hydrogens (tertiary/aromatic N) is 2. The van der Waals surface area contributed by atoms with E-state index in [1.807, 2.05) is 0 Å². The first kappa shape index (κ1) is 14.4. The fraction of sp³-hybridized carbons (Fsp3) is 0.667. The molecule has 1 N–H and O–H groups in total. The average Bonchev–Trinajstić information content (AvgIpc) is 2.46. The Morgan fingerprint density at radius 2 is 2.05 bits per heavy atom. The van der Waals surface area contributed by atoms with Crippen LogP contribution < -0.4 is 0 Å². The zero-order valence-corrected chi connectivity index (χ0v) is 11.8. The molecule has 0 spiro atoms. The Balaban J connectivity index is 2.24. The smallest absolute Gasteiger partial charge is 0.141 e. The summed E-state index contributed by atoms with van der Waals surface area (Å²) in [6, 6.07) is 1.38. The van der Waals surface area contributed by atoms with Crippen LogP contribution in [0.25, 0.3) is 0 Å². The lowest BCUT2D eigenvalue weighted by Gasteiger charge is -2.46. The maximum Gasteiger partial charge on any atom is 0.141 e. The third kappa shape index (κ3) is 2.95. The van der Waals surface area contributed by atoms with E-state index in [1.54, 1.807) is 6.20 Å². The van der Waals surface area contributed by atoms with Gasteiger partial charge >= 0.3 is 0 Å². The fourth-order valence-electron chi connectivity index (χ4n) is 2.93. The minimum absolute atomic E-state index is 0.351. The van der Waals surface area contributed by atoms with Gasteiger partial charge in [0, 0.05) is 17.3 Å². The number of likely N-dealkylation sites (tertiary alicyclic amines) is 1. The Labute approximate surface area is 114 Å². The second kappa shape index (κ2) is 5.97. The highest BCUT2D eigenvalue weighted by molar-refractivity contribution is 5.18. The molecule has 1 aromatic rings. The van der Waals surface area contributed by atoms with Gasteiger partial charge in [-0.2, -0.15) is 0 Å². The van der Waals surface area contributed by atoms with Crippen molar-refractivity contribution < 1.29 is 9.50 Å². The molecule has 106 valence electrons. The van der Waals surface area contributed by atoms with Crippen LogP contribution in [0.1, 0.15) is 51.2 Å². The van der Waals surface area contributed by atoms with Crippen LogP contribution >= 0.6 is 0 Å². The summed E-state index contributed by atoms with van der Waals surface area (Å²) in [5, 5.41) is 10.7. The van der Waals surface area contributed by atoms with Gasteiger partial charge in [-0.15, -0.1) is 0 Å².